The summed E-state index contributed by atoms with van der Waals surface area (Å²) >= 11 is 0. The summed E-state index contributed by atoms with van der Waals surface area (Å²) in [4.78, 5) is 21.4. The fourth-order valence-corrected chi connectivity index (χ4v) is 2.97. The third kappa shape index (κ3) is 4.27. The number of para-hydroxylation sites is 2. The first kappa shape index (κ1) is 19.5. The van der Waals surface area contributed by atoms with E-state index in [-0.39, 0.29) is 11.7 Å². The van der Waals surface area contributed by atoms with E-state index >= 15 is 0 Å². The van der Waals surface area contributed by atoms with Crippen LogP contribution in [0.2, 0.25) is 0 Å². The minimum absolute atomic E-state index is 0.359. The molecule has 1 amide bonds. The number of hydrogen-bond donors (Lipinski definition) is 1. The number of aromatic nitrogens is 2. The molecule has 30 heavy (non-hydrogen) atoms. The van der Waals surface area contributed by atoms with Gasteiger partial charge in [0, 0.05) is 11.3 Å². The molecule has 4 rings (SSSR count). The van der Waals surface area contributed by atoms with Crippen LogP contribution >= 0.6 is 0 Å². The molecule has 0 spiro atoms. The maximum Gasteiger partial charge on any atom is 0.265 e. The molecule has 150 valence electrons. The van der Waals surface area contributed by atoms with Gasteiger partial charge >= 0.3 is 0 Å². The molecule has 0 aliphatic carbocycles. The van der Waals surface area contributed by atoms with E-state index in [2.05, 4.69) is 15.3 Å². The summed E-state index contributed by atoms with van der Waals surface area (Å²) in [7, 11) is 0. The van der Waals surface area contributed by atoms with Crippen molar-refractivity contribution in [2.24, 2.45) is 0 Å². The quantitative estimate of drug-likeness (QED) is 0.502. The van der Waals surface area contributed by atoms with Crippen molar-refractivity contribution in [2.75, 3.05) is 5.32 Å². The molecule has 0 aliphatic rings. The number of amides is 1. The smallest absolute Gasteiger partial charge is 0.265 e. The lowest BCUT2D eigenvalue weighted by molar-refractivity contribution is -0.122. The minimum atomic E-state index is -0.749. The summed E-state index contributed by atoms with van der Waals surface area (Å²) in [6.45, 7) is 3.31. The fourth-order valence-electron chi connectivity index (χ4n) is 2.97. The van der Waals surface area contributed by atoms with Gasteiger partial charge in [0.05, 0.1) is 22.9 Å². The van der Waals surface area contributed by atoms with Crippen LogP contribution < -0.4 is 10.1 Å². The number of rotatable bonds is 5. The van der Waals surface area contributed by atoms with Crippen molar-refractivity contribution in [3.63, 3.8) is 0 Å². The van der Waals surface area contributed by atoms with E-state index in [9.17, 15) is 9.18 Å². The number of hydrogen-bond acceptors (Lipinski definition) is 4. The van der Waals surface area contributed by atoms with Crippen LogP contribution in [0.3, 0.4) is 0 Å². The molecule has 0 radical (unpaired) electrons. The summed E-state index contributed by atoms with van der Waals surface area (Å²) in [6, 6.07) is 19.5. The average molecular weight is 401 g/mol. The Morgan fingerprint density at radius 1 is 1.03 bits per heavy atom. The van der Waals surface area contributed by atoms with E-state index in [1.807, 2.05) is 36.4 Å². The standard InChI is InChI=1S/C24H20FN3O2/c1-15-7-10-18(13-20(15)25)27-24(29)16(2)30-19-11-8-17(9-12-19)23-14-26-21-5-3-4-6-22(21)28-23/h3-14,16H,1-2H3,(H,27,29)/t16-/m0/s1. The van der Waals surface area contributed by atoms with E-state index in [1.165, 1.54) is 6.07 Å². The number of fused-ring (bicyclic) bond motifs is 1. The van der Waals surface area contributed by atoms with Gasteiger partial charge in [0.1, 0.15) is 11.6 Å². The number of halogens is 1. The van der Waals surface area contributed by atoms with Crippen molar-refractivity contribution in [1.82, 2.24) is 9.97 Å². The van der Waals surface area contributed by atoms with Gasteiger partial charge in [-0.15, -0.1) is 0 Å². The highest BCUT2D eigenvalue weighted by Gasteiger charge is 2.15. The molecule has 3 aromatic carbocycles. The Morgan fingerprint density at radius 3 is 2.50 bits per heavy atom. The van der Waals surface area contributed by atoms with E-state index in [1.54, 1.807) is 44.3 Å². The second-order valence-corrected chi connectivity index (χ2v) is 6.98. The number of aryl methyl sites for hydroxylation is 1. The number of ether oxygens (including phenoxy) is 1. The van der Waals surface area contributed by atoms with Crippen LogP contribution in [0.25, 0.3) is 22.3 Å². The maximum absolute atomic E-state index is 13.6. The largest absolute Gasteiger partial charge is 0.481 e. The Hall–Kier alpha value is -3.80. The summed E-state index contributed by atoms with van der Waals surface area (Å²) in [6.07, 6.45) is 0.982. The van der Waals surface area contributed by atoms with Gasteiger partial charge in [-0.25, -0.2) is 9.37 Å². The van der Waals surface area contributed by atoms with E-state index in [0.717, 1.165) is 22.3 Å². The first-order valence-corrected chi connectivity index (χ1v) is 9.55. The summed E-state index contributed by atoms with van der Waals surface area (Å²) in [5.41, 5.74) is 4.24. The molecular formula is C24H20FN3O2. The van der Waals surface area contributed by atoms with Gasteiger partial charge in [-0.1, -0.05) is 18.2 Å². The number of carbonyl (C=O) groups excluding carboxylic acids is 1. The fraction of sp³-hybridized carbons (Fsp3) is 0.125. The SMILES string of the molecule is Cc1ccc(NC(=O)[C@H](C)Oc2ccc(-c3cnc4ccccc4n3)cc2)cc1F. The van der Waals surface area contributed by atoms with Crippen molar-refractivity contribution in [3.8, 4) is 17.0 Å². The first-order valence-electron chi connectivity index (χ1n) is 9.55. The summed E-state index contributed by atoms with van der Waals surface area (Å²) in [5, 5.41) is 2.66. The van der Waals surface area contributed by atoms with Gasteiger partial charge < -0.3 is 10.1 Å². The van der Waals surface area contributed by atoms with Crippen molar-refractivity contribution in [2.45, 2.75) is 20.0 Å². The lowest BCUT2D eigenvalue weighted by atomic mass is 10.1. The normalized spacial score (nSPS) is 11.8. The zero-order valence-electron chi connectivity index (χ0n) is 16.6. The zero-order valence-corrected chi connectivity index (χ0v) is 16.6. The van der Waals surface area contributed by atoms with Gasteiger partial charge in [-0.05, 0) is 67.9 Å². The molecule has 0 bridgehead atoms. The number of nitrogens with zero attached hydrogens (tertiary/aromatic N) is 2. The van der Waals surface area contributed by atoms with Crippen molar-refractivity contribution >= 4 is 22.6 Å². The Morgan fingerprint density at radius 2 is 1.77 bits per heavy atom. The average Bonchev–Trinajstić information content (AvgIpc) is 2.76. The van der Waals surface area contributed by atoms with E-state index in [4.69, 9.17) is 4.74 Å². The second kappa shape index (κ2) is 8.29. The van der Waals surface area contributed by atoms with Crippen LogP contribution in [-0.4, -0.2) is 22.0 Å². The molecule has 1 aromatic heterocycles. The number of benzene rings is 3. The summed E-state index contributed by atoms with van der Waals surface area (Å²) in [5.74, 6) is -0.179. The predicted molar refractivity (Wildman–Crippen MR) is 115 cm³/mol. The molecule has 1 heterocycles. The molecule has 0 saturated carbocycles. The molecule has 0 unspecified atom stereocenters. The lowest BCUT2D eigenvalue weighted by Gasteiger charge is -2.15. The van der Waals surface area contributed by atoms with Gasteiger partial charge in [0.2, 0.25) is 0 Å². The van der Waals surface area contributed by atoms with Crippen LogP contribution in [0, 0.1) is 12.7 Å². The zero-order chi connectivity index (χ0) is 21.1. The predicted octanol–water partition coefficient (Wildman–Crippen LogP) is 5.15. The van der Waals surface area contributed by atoms with Crippen LogP contribution in [0.15, 0.2) is 72.9 Å². The van der Waals surface area contributed by atoms with Crippen molar-refractivity contribution in [1.29, 1.82) is 0 Å². The highest BCUT2D eigenvalue weighted by atomic mass is 19.1. The molecule has 4 aromatic rings. The molecule has 0 saturated heterocycles. The highest BCUT2D eigenvalue weighted by Crippen LogP contribution is 2.23. The van der Waals surface area contributed by atoms with Crippen LogP contribution in [0.5, 0.6) is 5.75 Å². The van der Waals surface area contributed by atoms with Crippen LogP contribution in [0.4, 0.5) is 10.1 Å². The van der Waals surface area contributed by atoms with Gasteiger partial charge in [0.25, 0.3) is 5.91 Å². The third-order valence-electron chi connectivity index (χ3n) is 4.72. The second-order valence-electron chi connectivity index (χ2n) is 6.98. The first-order chi connectivity index (χ1) is 14.5. The Labute approximate surface area is 173 Å². The Balaban J connectivity index is 1.43. The topological polar surface area (TPSA) is 64.1 Å². The van der Waals surface area contributed by atoms with E-state index < -0.39 is 6.10 Å². The highest BCUT2D eigenvalue weighted by molar-refractivity contribution is 5.94. The molecule has 0 fully saturated rings. The van der Waals surface area contributed by atoms with E-state index in [0.29, 0.717) is 17.0 Å². The number of carbonyl (C=O) groups is 1. The Bertz CT molecular complexity index is 1210. The molecular weight excluding hydrogens is 381 g/mol. The monoisotopic (exact) mass is 401 g/mol. The van der Waals surface area contributed by atoms with Crippen LogP contribution in [-0.2, 0) is 4.79 Å². The number of nitrogens with one attached hydrogen (secondary N) is 1. The van der Waals surface area contributed by atoms with Gasteiger partial charge in [-0.3, -0.25) is 9.78 Å². The molecule has 5 nitrogen and oxygen atoms in total. The minimum Gasteiger partial charge on any atom is -0.481 e. The van der Waals surface area contributed by atoms with Crippen molar-refractivity contribution in [3.05, 3.63) is 84.3 Å². The molecule has 1 N–H and O–H groups in total. The molecule has 6 heteroatoms. The third-order valence-corrected chi connectivity index (χ3v) is 4.72. The Kier molecular flexibility index (Phi) is 5.39. The lowest BCUT2D eigenvalue weighted by Crippen LogP contribution is -2.30. The van der Waals surface area contributed by atoms with Crippen molar-refractivity contribution < 1.29 is 13.9 Å². The van der Waals surface area contributed by atoms with Gasteiger partial charge in [-0.2, -0.15) is 0 Å². The van der Waals surface area contributed by atoms with Crippen LogP contribution in [0.1, 0.15) is 12.5 Å². The maximum atomic E-state index is 13.6. The number of anilines is 1. The summed E-state index contributed by atoms with van der Waals surface area (Å²) < 4.78 is 19.4. The molecule has 1 atom stereocenters. The van der Waals surface area contributed by atoms with Gasteiger partial charge in [0.15, 0.2) is 6.10 Å². The molecule has 0 aliphatic heterocycles.